The van der Waals surface area contributed by atoms with Crippen molar-refractivity contribution in [2.75, 3.05) is 0 Å². The lowest BCUT2D eigenvalue weighted by Crippen LogP contribution is -2.57. The molecule has 1 unspecified atom stereocenters. The summed E-state index contributed by atoms with van der Waals surface area (Å²) in [6, 6.07) is 0. The van der Waals surface area contributed by atoms with Gasteiger partial charge in [-0.05, 0) is 46.5 Å². The Kier molecular flexibility index (Phi) is 4.19. The van der Waals surface area contributed by atoms with Crippen LogP contribution in [0.5, 0.6) is 0 Å². The fourth-order valence-corrected chi connectivity index (χ4v) is 2.82. The largest absolute Gasteiger partial charge is 0.144 e. The Morgan fingerprint density at radius 1 is 1.13 bits per heavy atom. The van der Waals surface area contributed by atoms with Crippen LogP contribution in [0.4, 0.5) is 0 Å². The maximum atomic E-state index is 12.3. The third kappa shape index (κ3) is 2.94. The molecule has 2 heteroatoms. The van der Waals surface area contributed by atoms with E-state index in [1.165, 1.54) is 30.7 Å². The molecule has 0 aromatic heterocycles. The summed E-state index contributed by atoms with van der Waals surface area (Å²) < 4.78 is 0. The third-order valence-electron chi connectivity index (χ3n) is 3.86. The monoisotopic (exact) mass is 212 g/mol. The quantitative estimate of drug-likeness (QED) is 0.647. The smallest absolute Gasteiger partial charge is 0.0471 e. The molecular formula is C13H26NO. The van der Waals surface area contributed by atoms with E-state index >= 15 is 0 Å². The van der Waals surface area contributed by atoms with Crippen LogP contribution < -0.4 is 0 Å². The summed E-state index contributed by atoms with van der Waals surface area (Å²) in [7, 11) is 0. The molecule has 0 saturated carbocycles. The van der Waals surface area contributed by atoms with Gasteiger partial charge in [-0.25, -0.2) is 0 Å². The highest BCUT2D eigenvalue weighted by Gasteiger charge is 2.44. The van der Waals surface area contributed by atoms with Crippen molar-refractivity contribution in [1.82, 2.24) is 5.06 Å². The van der Waals surface area contributed by atoms with Crippen molar-refractivity contribution in [3.05, 3.63) is 0 Å². The molecule has 0 bridgehead atoms. The van der Waals surface area contributed by atoms with Crippen molar-refractivity contribution in [3.63, 3.8) is 0 Å². The van der Waals surface area contributed by atoms with Gasteiger partial charge >= 0.3 is 0 Å². The Morgan fingerprint density at radius 2 is 1.80 bits per heavy atom. The zero-order valence-electron chi connectivity index (χ0n) is 10.8. The first-order valence-corrected chi connectivity index (χ1v) is 6.40. The fourth-order valence-electron chi connectivity index (χ4n) is 2.82. The average Bonchev–Trinajstić information content (AvgIpc) is 2.15. The first kappa shape index (κ1) is 13.0. The molecule has 0 aromatic rings. The van der Waals surface area contributed by atoms with Crippen LogP contribution in [0, 0.1) is 0 Å². The molecule has 0 N–H and O–H groups in total. The minimum absolute atomic E-state index is 0.100. The van der Waals surface area contributed by atoms with E-state index in [2.05, 4.69) is 27.7 Å². The van der Waals surface area contributed by atoms with Crippen LogP contribution in [0.1, 0.15) is 72.6 Å². The van der Waals surface area contributed by atoms with Crippen LogP contribution in [0.3, 0.4) is 0 Å². The molecule has 0 aliphatic carbocycles. The summed E-state index contributed by atoms with van der Waals surface area (Å²) in [5, 5.41) is 13.7. The Hall–Kier alpha value is -0.0800. The zero-order chi connectivity index (χ0) is 11.5. The minimum atomic E-state index is -0.154. The van der Waals surface area contributed by atoms with Gasteiger partial charge in [0.15, 0.2) is 0 Å². The average molecular weight is 212 g/mol. The van der Waals surface area contributed by atoms with Gasteiger partial charge in [0.1, 0.15) is 0 Å². The van der Waals surface area contributed by atoms with E-state index in [0.717, 1.165) is 19.3 Å². The Bertz CT molecular complexity index is 203. The lowest BCUT2D eigenvalue weighted by Gasteiger charge is -2.48. The van der Waals surface area contributed by atoms with Crippen LogP contribution >= 0.6 is 0 Å². The number of piperidine rings is 1. The van der Waals surface area contributed by atoms with E-state index < -0.39 is 0 Å². The number of hydrogen-bond acceptors (Lipinski definition) is 1. The first-order chi connectivity index (χ1) is 6.92. The van der Waals surface area contributed by atoms with Gasteiger partial charge in [0, 0.05) is 11.1 Å². The van der Waals surface area contributed by atoms with Crippen LogP contribution in [0.2, 0.25) is 0 Å². The van der Waals surface area contributed by atoms with Crippen molar-refractivity contribution in [1.29, 1.82) is 0 Å². The normalized spacial score (nSPS) is 31.8. The first-order valence-electron chi connectivity index (χ1n) is 6.40. The number of nitrogens with zero attached hydrogens (tertiary/aromatic N) is 1. The zero-order valence-corrected chi connectivity index (χ0v) is 10.8. The summed E-state index contributed by atoms with van der Waals surface area (Å²) in [5.41, 5.74) is -0.254. The van der Waals surface area contributed by atoms with Crippen LogP contribution in [0.25, 0.3) is 0 Å². The van der Waals surface area contributed by atoms with Gasteiger partial charge in [-0.3, -0.25) is 0 Å². The minimum Gasteiger partial charge on any atom is -0.144 e. The summed E-state index contributed by atoms with van der Waals surface area (Å²) in [6.45, 7) is 8.52. The molecule has 1 aliphatic rings. The second kappa shape index (κ2) is 4.84. The van der Waals surface area contributed by atoms with Gasteiger partial charge in [0.25, 0.3) is 0 Å². The van der Waals surface area contributed by atoms with Crippen molar-refractivity contribution < 1.29 is 5.21 Å². The number of unbranched alkanes of at least 4 members (excludes halogenated alkanes) is 2. The molecular weight excluding hydrogens is 186 g/mol. The van der Waals surface area contributed by atoms with Crippen LogP contribution in [-0.2, 0) is 5.21 Å². The second-order valence-electron chi connectivity index (χ2n) is 5.91. The lowest BCUT2D eigenvalue weighted by molar-refractivity contribution is -0.293. The van der Waals surface area contributed by atoms with Crippen molar-refractivity contribution in [2.24, 2.45) is 0 Å². The van der Waals surface area contributed by atoms with E-state index in [4.69, 9.17) is 0 Å². The highest BCUT2D eigenvalue weighted by atomic mass is 16.5. The molecule has 0 spiro atoms. The van der Waals surface area contributed by atoms with E-state index in [0.29, 0.717) is 0 Å². The van der Waals surface area contributed by atoms with Crippen LogP contribution in [-0.4, -0.2) is 16.1 Å². The molecule has 1 atom stereocenters. The number of rotatable bonds is 4. The SMILES string of the molecule is CCCCCC1(C)CCCC(C)(C)N1[O]. The second-order valence-corrected chi connectivity index (χ2v) is 5.91. The van der Waals surface area contributed by atoms with Gasteiger partial charge in [0.05, 0.1) is 0 Å². The Balaban J connectivity index is 2.57. The third-order valence-corrected chi connectivity index (χ3v) is 3.86. The van der Waals surface area contributed by atoms with E-state index in [1.807, 2.05) is 0 Å². The van der Waals surface area contributed by atoms with Gasteiger partial charge in [-0.15, -0.1) is 10.3 Å². The summed E-state index contributed by atoms with van der Waals surface area (Å²) in [4.78, 5) is 0. The molecule has 0 amide bonds. The highest BCUT2D eigenvalue weighted by Crippen LogP contribution is 2.39. The Labute approximate surface area is 94.6 Å². The van der Waals surface area contributed by atoms with E-state index in [-0.39, 0.29) is 11.1 Å². The standard InChI is InChI=1S/C13H26NO/c1-5-6-7-10-13(4)11-8-9-12(2,3)14(13)15/h5-11H2,1-4H3. The Morgan fingerprint density at radius 3 is 2.40 bits per heavy atom. The molecule has 1 radical (unpaired) electrons. The van der Waals surface area contributed by atoms with Gasteiger partial charge < -0.3 is 0 Å². The van der Waals surface area contributed by atoms with E-state index in [1.54, 1.807) is 0 Å². The molecule has 1 aliphatic heterocycles. The predicted molar refractivity (Wildman–Crippen MR) is 63.0 cm³/mol. The van der Waals surface area contributed by atoms with Gasteiger partial charge in [-0.2, -0.15) is 0 Å². The van der Waals surface area contributed by atoms with Gasteiger partial charge in [-0.1, -0.05) is 26.2 Å². The summed E-state index contributed by atoms with van der Waals surface area (Å²) in [6.07, 6.45) is 8.07. The van der Waals surface area contributed by atoms with Crippen molar-refractivity contribution in [2.45, 2.75) is 83.7 Å². The molecule has 1 rings (SSSR count). The molecule has 0 aromatic carbocycles. The number of hydrogen-bond donors (Lipinski definition) is 0. The molecule has 15 heavy (non-hydrogen) atoms. The topological polar surface area (TPSA) is 23.1 Å². The van der Waals surface area contributed by atoms with Crippen LogP contribution in [0.15, 0.2) is 0 Å². The van der Waals surface area contributed by atoms with E-state index in [9.17, 15) is 5.21 Å². The molecule has 89 valence electrons. The lowest BCUT2D eigenvalue weighted by atomic mass is 9.78. The molecule has 1 heterocycles. The molecule has 1 fully saturated rings. The highest BCUT2D eigenvalue weighted by molar-refractivity contribution is 4.94. The summed E-state index contributed by atoms with van der Waals surface area (Å²) in [5.74, 6) is 0. The molecule has 1 saturated heterocycles. The maximum absolute atomic E-state index is 12.3. The summed E-state index contributed by atoms with van der Waals surface area (Å²) >= 11 is 0. The van der Waals surface area contributed by atoms with Crippen molar-refractivity contribution >= 4 is 0 Å². The number of hydroxylamine groups is 2. The predicted octanol–water partition coefficient (Wildman–Crippen LogP) is 3.94. The van der Waals surface area contributed by atoms with Gasteiger partial charge in [0.2, 0.25) is 0 Å². The fraction of sp³-hybridized carbons (Fsp3) is 1.00. The van der Waals surface area contributed by atoms with Crippen molar-refractivity contribution in [3.8, 4) is 0 Å². The maximum Gasteiger partial charge on any atom is 0.0471 e. The molecule has 2 nitrogen and oxygen atoms in total.